The highest BCUT2D eigenvalue weighted by Crippen LogP contribution is 2.37. The van der Waals surface area contributed by atoms with E-state index in [1.54, 1.807) is 6.20 Å². The molecule has 0 aliphatic rings. The number of nitrogens with one attached hydrogen (secondary N) is 1. The van der Waals surface area contributed by atoms with E-state index in [2.05, 4.69) is 10.2 Å². The standard InChI is InChI=1S/C21H19F2N3O2/c1-11(2)21-14(4-6-20(27)28)15-9-18-12(10-24-25-18)7-19(15)26(21)13-3-5-16(22)17(23)8-13/h3,5,7-11H,4,6H2,1-2H3,(H,24,25)(H,27,28). The maximum Gasteiger partial charge on any atom is 0.303 e. The lowest BCUT2D eigenvalue weighted by Gasteiger charge is -2.15. The molecule has 0 aliphatic heterocycles. The van der Waals surface area contributed by atoms with E-state index < -0.39 is 17.6 Å². The molecule has 0 bridgehead atoms. The Kier molecular flexibility index (Phi) is 4.37. The molecule has 2 N–H and O–H groups in total. The van der Waals surface area contributed by atoms with Crippen LogP contribution in [0.15, 0.2) is 36.5 Å². The summed E-state index contributed by atoms with van der Waals surface area (Å²) in [6, 6.07) is 7.68. The first kappa shape index (κ1) is 18.2. The molecular weight excluding hydrogens is 364 g/mol. The molecule has 0 atom stereocenters. The zero-order valence-corrected chi connectivity index (χ0v) is 15.5. The highest BCUT2D eigenvalue weighted by Gasteiger charge is 2.22. The second kappa shape index (κ2) is 6.74. The molecule has 0 unspecified atom stereocenters. The summed E-state index contributed by atoms with van der Waals surface area (Å²) in [5, 5.41) is 17.9. The second-order valence-electron chi connectivity index (χ2n) is 7.17. The number of nitrogens with zero attached hydrogens (tertiary/aromatic N) is 2. The molecule has 0 saturated carbocycles. The number of aliphatic carboxylic acids is 1. The Bertz CT molecular complexity index is 1210. The predicted octanol–water partition coefficient (Wildman–Crippen LogP) is 4.93. The van der Waals surface area contributed by atoms with Gasteiger partial charge in [-0.2, -0.15) is 5.10 Å². The molecule has 0 amide bonds. The van der Waals surface area contributed by atoms with E-state index in [9.17, 15) is 18.7 Å². The topological polar surface area (TPSA) is 70.9 Å². The molecule has 5 nitrogen and oxygen atoms in total. The molecular formula is C21H19F2N3O2. The van der Waals surface area contributed by atoms with Crippen molar-refractivity contribution in [2.45, 2.75) is 32.6 Å². The SMILES string of the molecule is CC(C)c1c(CCC(=O)O)c2cc3[nH]ncc3cc2n1-c1ccc(F)c(F)c1. The molecule has 144 valence electrons. The number of benzene rings is 2. The van der Waals surface area contributed by atoms with Crippen LogP contribution < -0.4 is 0 Å². The quantitative estimate of drug-likeness (QED) is 0.514. The van der Waals surface area contributed by atoms with Crippen molar-refractivity contribution in [3.05, 3.63) is 59.4 Å². The predicted molar refractivity (Wildman–Crippen MR) is 103 cm³/mol. The van der Waals surface area contributed by atoms with Crippen LogP contribution in [0.3, 0.4) is 0 Å². The maximum atomic E-state index is 14.0. The van der Waals surface area contributed by atoms with Gasteiger partial charge in [0.1, 0.15) is 0 Å². The third-order valence-electron chi connectivity index (χ3n) is 4.97. The summed E-state index contributed by atoms with van der Waals surface area (Å²) in [6.07, 6.45) is 2.02. The van der Waals surface area contributed by atoms with Gasteiger partial charge < -0.3 is 9.67 Å². The lowest BCUT2D eigenvalue weighted by Crippen LogP contribution is -2.06. The molecule has 2 aromatic heterocycles. The van der Waals surface area contributed by atoms with Crippen molar-refractivity contribution in [3.8, 4) is 5.69 Å². The van der Waals surface area contributed by atoms with Gasteiger partial charge in [-0.25, -0.2) is 8.78 Å². The number of aromatic amines is 1. The average Bonchev–Trinajstić information content (AvgIpc) is 3.22. The van der Waals surface area contributed by atoms with Gasteiger partial charge >= 0.3 is 5.97 Å². The average molecular weight is 383 g/mol. The van der Waals surface area contributed by atoms with Gasteiger partial charge in [0.15, 0.2) is 11.6 Å². The Labute approximate surface area is 159 Å². The van der Waals surface area contributed by atoms with Crippen molar-refractivity contribution >= 4 is 27.8 Å². The minimum absolute atomic E-state index is 0.0162. The molecule has 0 spiro atoms. The number of aromatic nitrogens is 3. The number of hydrogen-bond acceptors (Lipinski definition) is 2. The van der Waals surface area contributed by atoms with Crippen LogP contribution in [0.5, 0.6) is 0 Å². The number of H-pyrrole nitrogens is 1. The summed E-state index contributed by atoms with van der Waals surface area (Å²) in [4.78, 5) is 11.2. The molecule has 4 aromatic rings. The second-order valence-corrected chi connectivity index (χ2v) is 7.17. The Balaban J connectivity index is 2.09. The van der Waals surface area contributed by atoms with Gasteiger partial charge in [-0.3, -0.25) is 9.89 Å². The molecule has 7 heteroatoms. The van der Waals surface area contributed by atoms with Crippen LogP contribution in [0.1, 0.15) is 37.4 Å². The van der Waals surface area contributed by atoms with Gasteiger partial charge in [-0.05, 0) is 42.2 Å². The van der Waals surface area contributed by atoms with E-state index in [0.717, 1.165) is 39.1 Å². The number of halogens is 2. The van der Waals surface area contributed by atoms with E-state index >= 15 is 0 Å². The number of carboxylic acid groups (broad SMARTS) is 1. The number of carbonyl (C=O) groups is 1. The zero-order valence-electron chi connectivity index (χ0n) is 15.5. The van der Waals surface area contributed by atoms with E-state index in [1.807, 2.05) is 30.5 Å². The largest absolute Gasteiger partial charge is 0.481 e. The lowest BCUT2D eigenvalue weighted by atomic mass is 9.99. The zero-order chi connectivity index (χ0) is 20.0. The van der Waals surface area contributed by atoms with Crippen LogP contribution in [-0.4, -0.2) is 25.8 Å². The van der Waals surface area contributed by atoms with Crippen LogP contribution in [0.4, 0.5) is 8.78 Å². The normalized spacial score (nSPS) is 11.8. The van der Waals surface area contributed by atoms with Crippen LogP contribution >= 0.6 is 0 Å². The number of rotatable bonds is 5. The number of hydrogen-bond donors (Lipinski definition) is 2. The van der Waals surface area contributed by atoms with Crippen LogP contribution in [0.2, 0.25) is 0 Å². The van der Waals surface area contributed by atoms with Crippen molar-refractivity contribution in [1.82, 2.24) is 14.8 Å². The fourth-order valence-corrected chi connectivity index (χ4v) is 3.81. The Morgan fingerprint density at radius 1 is 1.21 bits per heavy atom. The van der Waals surface area contributed by atoms with Crippen molar-refractivity contribution in [2.75, 3.05) is 0 Å². The van der Waals surface area contributed by atoms with E-state index in [1.165, 1.54) is 12.1 Å². The minimum atomic E-state index is -0.925. The van der Waals surface area contributed by atoms with Crippen LogP contribution in [0, 0.1) is 11.6 Å². The highest BCUT2D eigenvalue weighted by atomic mass is 19.2. The van der Waals surface area contributed by atoms with Gasteiger partial charge in [-0.1, -0.05) is 13.8 Å². The van der Waals surface area contributed by atoms with Gasteiger partial charge in [-0.15, -0.1) is 0 Å². The van der Waals surface area contributed by atoms with E-state index in [4.69, 9.17) is 0 Å². The van der Waals surface area contributed by atoms with E-state index in [-0.39, 0.29) is 12.3 Å². The summed E-state index contributed by atoms with van der Waals surface area (Å²) in [7, 11) is 0. The molecule has 4 rings (SSSR count). The summed E-state index contributed by atoms with van der Waals surface area (Å²) >= 11 is 0. The smallest absolute Gasteiger partial charge is 0.303 e. The third kappa shape index (κ3) is 2.93. The molecule has 2 aromatic carbocycles. The van der Waals surface area contributed by atoms with Crippen LogP contribution in [0.25, 0.3) is 27.5 Å². The van der Waals surface area contributed by atoms with Crippen molar-refractivity contribution < 1.29 is 18.7 Å². The highest BCUT2D eigenvalue weighted by molar-refractivity contribution is 5.98. The van der Waals surface area contributed by atoms with Crippen LogP contribution in [-0.2, 0) is 11.2 Å². The van der Waals surface area contributed by atoms with Gasteiger partial charge in [0.2, 0.25) is 0 Å². The number of aryl methyl sites for hydroxylation is 1. The Morgan fingerprint density at radius 3 is 2.68 bits per heavy atom. The van der Waals surface area contributed by atoms with Gasteiger partial charge in [0.25, 0.3) is 0 Å². The monoisotopic (exact) mass is 383 g/mol. The fraction of sp³-hybridized carbons (Fsp3) is 0.238. The van der Waals surface area contributed by atoms with Crippen molar-refractivity contribution in [3.63, 3.8) is 0 Å². The summed E-state index contributed by atoms with van der Waals surface area (Å²) in [5.74, 6) is -2.67. The van der Waals surface area contributed by atoms with E-state index in [0.29, 0.717) is 12.1 Å². The first-order valence-electron chi connectivity index (χ1n) is 9.04. The number of fused-ring (bicyclic) bond motifs is 2. The molecule has 0 saturated heterocycles. The summed E-state index contributed by atoms with van der Waals surface area (Å²) in [6.45, 7) is 4.00. The molecule has 0 aliphatic carbocycles. The first-order valence-corrected chi connectivity index (χ1v) is 9.04. The molecule has 2 heterocycles. The maximum absolute atomic E-state index is 14.0. The Morgan fingerprint density at radius 2 is 2.00 bits per heavy atom. The third-order valence-corrected chi connectivity index (χ3v) is 4.97. The van der Waals surface area contributed by atoms with Crippen molar-refractivity contribution in [1.29, 1.82) is 0 Å². The summed E-state index contributed by atoms with van der Waals surface area (Å²) < 4.78 is 29.4. The minimum Gasteiger partial charge on any atom is -0.481 e. The Hall–Kier alpha value is -3.22. The molecule has 0 radical (unpaired) electrons. The van der Waals surface area contributed by atoms with Gasteiger partial charge in [0, 0.05) is 34.6 Å². The van der Waals surface area contributed by atoms with Gasteiger partial charge in [0.05, 0.1) is 17.2 Å². The summed E-state index contributed by atoms with van der Waals surface area (Å²) in [5.41, 5.74) is 3.93. The molecule has 28 heavy (non-hydrogen) atoms. The first-order chi connectivity index (χ1) is 13.4. The van der Waals surface area contributed by atoms with Crippen molar-refractivity contribution in [2.24, 2.45) is 0 Å². The molecule has 0 fully saturated rings. The lowest BCUT2D eigenvalue weighted by molar-refractivity contribution is -0.136. The number of carboxylic acids is 1. The fourth-order valence-electron chi connectivity index (χ4n) is 3.81.